The van der Waals surface area contributed by atoms with Crippen LogP contribution in [0.1, 0.15) is 5.69 Å². The lowest BCUT2D eigenvalue weighted by molar-refractivity contribution is -0.141. The van der Waals surface area contributed by atoms with E-state index >= 15 is 0 Å². The topological polar surface area (TPSA) is 73.1 Å². The molecular weight excluding hydrogens is 327 g/mol. The number of rotatable bonds is 2. The number of carbonyl (C=O) groups is 1. The second kappa shape index (κ2) is 5.79. The minimum Gasteiger partial charge on any atom is -0.406 e. The van der Waals surface area contributed by atoms with Gasteiger partial charge in [-0.2, -0.15) is 18.3 Å². The molecular formula is C11H9ClF3N5O2. The van der Waals surface area contributed by atoms with Crippen LogP contribution < -0.4 is 4.74 Å². The van der Waals surface area contributed by atoms with Gasteiger partial charge in [0.1, 0.15) is 0 Å². The van der Waals surface area contributed by atoms with Crippen LogP contribution in [0.5, 0.6) is 5.75 Å². The molecule has 0 aliphatic heterocycles. The molecule has 118 valence electrons. The Morgan fingerprint density at radius 1 is 1.36 bits per heavy atom. The number of carbonyl (C=O) groups excluding carboxylic acids is 1. The number of hydrogen-bond donors (Lipinski definition) is 0. The number of ether oxygens (including phenoxy) is 1. The Kier molecular flexibility index (Phi) is 4.22. The van der Waals surface area contributed by atoms with Gasteiger partial charge in [0.15, 0.2) is 16.6 Å². The van der Waals surface area contributed by atoms with Gasteiger partial charge in [-0.25, -0.2) is 9.48 Å². The number of amides is 1. The van der Waals surface area contributed by atoms with Crippen LogP contribution in [0.4, 0.5) is 18.0 Å². The van der Waals surface area contributed by atoms with Gasteiger partial charge in [-0.3, -0.25) is 0 Å². The van der Waals surface area contributed by atoms with Gasteiger partial charge in [0, 0.05) is 26.4 Å². The van der Waals surface area contributed by atoms with E-state index in [1.807, 2.05) is 0 Å². The Morgan fingerprint density at radius 3 is 2.59 bits per heavy atom. The zero-order valence-corrected chi connectivity index (χ0v) is 12.1. The molecule has 0 fully saturated rings. The normalized spacial score (nSPS) is 11.4. The van der Waals surface area contributed by atoms with Crippen molar-refractivity contribution in [1.82, 2.24) is 24.9 Å². The lowest BCUT2D eigenvalue weighted by Gasteiger charge is -2.12. The monoisotopic (exact) mass is 335 g/mol. The first kappa shape index (κ1) is 16.0. The number of alkyl halides is 3. The summed E-state index contributed by atoms with van der Waals surface area (Å²) < 4.78 is 43.5. The molecule has 2 rings (SSSR count). The van der Waals surface area contributed by atoms with Crippen LogP contribution in [0.15, 0.2) is 18.3 Å². The van der Waals surface area contributed by atoms with Crippen molar-refractivity contribution in [2.75, 3.05) is 14.1 Å². The van der Waals surface area contributed by atoms with Crippen molar-refractivity contribution in [3.05, 3.63) is 29.2 Å². The summed E-state index contributed by atoms with van der Waals surface area (Å²) in [5.74, 6) is -0.370. The van der Waals surface area contributed by atoms with Crippen molar-refractivity contribution in [3.8, 4) is 11.6 Å². The average Bonchev–Trinajstić information content (AvgIpc) is 2.88. The summed E-state index contributed by atoms with van der Waals surface area (Å²) in [6.45, 7) is 0. The van der Waals surface area contributed by atoms with Crippen LogP contribution in [0, 0.1) is 0 Å². The second-order valence-corrected chi connectivity index (χ2v) is 4.65. The molecule has 0 atom stereocenters. The number of nitrogens with zero attached hydrogens (tertiary/aromatic N) is 5. The van der Waals surface area contributed by atoms with Crippen molar-refractivity contribution in [2.24, 2.45) is 0 Å². The lowest BCUT2D eigenvalue weighted by Crippen LogP contribution is -2.26. The zero-order chi connectivity index (χ0) is 16.5. The third-order valence-corrected chi connectivity index (χ3v) is 2.55. The third kappa shape index (κ3) is 3.45. The highest BCUT2D eigenvalue weighted by atomic mass is 35.5. The standard InChI is InChI=1S/C11H9ClF3N5O2/c1-19(2)10(21)22-6-5-8(12)16-17-9(6)20-4-3-7(18-20)11(13,14)15/h3-5H,1-2H3. The van der Waals surface area contributed by atoms with Gasteiger partial charge in [0.05, 0.1) is 0 Å². The largest absolute Gasteiger partial charge is 0.435 e. The molecule has 0 spiro atoms. The predicted molar refractivity (Wildman–Crippen MR) is 68.9 cm³/mol. The van der Waals surface area contributed by atoms with Crippen LogP contribution in [-0.4, -0.2) is 45.1 Å². The first-order valence-electron chi connectivity index (χ1n) is 5.74. The fourth-order valence-electron chi connectivity index (χ4n) is 1.36. The summed E-state index contributed by atoms with van der Waals surface area (Å²) in [6, 6.07) is 1.91. The molecule has 0 aromatic carbocycles. The van der Waals surface area contributed by atoms with Gasteiger partial charge in [-0.1, -0.05) is 11.6 Å². The second-order valence-electron chi connectivity index (χ2n) is 4.26. The molecule has 2 heterocycles. The zero-order valence-electron chi connectivity index (χ0n) is 11.3. The molecule has 0 saturated heterocycles. The van der Waals surface area contributed by atoms with E-state index in [2.05, 4.69) is 15.3 Å². The van der Waals surface area contributed by atoms with E-state index in [1.54, 1.807) is 0 Å². The predicted octanol–water partition coefficient (Wildman–Crippen LogP) is 2.39. The molecule has 22 heavy (non-hydrogen) atoms. The van der Waals surface area contributed by atoms with Crippen molar-refractivity contribution in [1.29, 1.82) is 0 Å². The Bertz CT molecular complexity index is 701. The molecule has 11 heteroatoms. The molecule has 0 unspecified atom stereocenters. The summed E-state index contributed by atoms with van der Waals surface area (Å²) in [6.07, 6.45) is -4.34. The summed E-state index contributed by atoms with van der Waals surface area (Å²) >= 11 is 5.66. The molecule has 7 nitrogen and oxygen atoms in total. The van der Waals surface area contributed by atoms with Crippen LogP contribution in [0.2, 0.25) is 5.15 Å². The average molecular weight is 336 g/mol. The minimum absolute atomic E-state index is 0.0893. The molecule has 0 N–H and O–H groups in total. The Morgan fingerprint density at radius 2 is 2.05 bits per heavy atom. The fraction of sp³-hybridized carbons (Fsp3) is 0.273. The number of halogens is 4. The van der Waals surface area contributed by atoms with Crippen LogP contribution in [0.25, 0.3) is 5.82 Å². The van der Waals surface area contributed by atoms with E-state index in [9.17, 15) is 18.0 Å². The van der Waals surface area contributed by atoms with E-state index in [0.29, 0.717) is 0 Å². The van der Waals surface area contributed by atoms with E-state index in [0.717, 1.165) is 27.9 Å². The van der Waals surface area contributed by atoms with Gasteiger partial charge in [0.25, 0.3) is 0 Å². The maximum Gasteiger partial charge on any atom is 0.435 e. The van der Waals surface area contributed by atoms with Crippen molar-refractivity contribution >= 4 is 17.7 Å². The molecule has 0 bridgehead atoms. The highest BCUT2D eigenvalue weighted by Gasteiger charge is 2.34. The molecule has 0 aliphatic rings. The number of aromatic nitrogens is 4. The van der Waals surface area contributed by atoms with E-state index in [1.165, 1.54) is 14.1 Å². The summed E-state index contributed by atoms with van der Waals surface area (Å²) in [5.41, 5.74) is -1.12. The number of hydrogen-bond acceptors (Lipinski definition) is 5. The maximum atomic E-state index is 12.6. The van der Waals surface area contributed by atoms with Crippen molar-refractivity contribution < 1.29 is 22.7 Å². The molecule has 2 aromatic heterocycles. The lowest BCUT2D eigenvalue weighted by atomic mass is 10.4. The molecule has 0 radical (unpaired) electrons. The molecule has 0 aliphatic carbocycles. The summed E-state index contributed by atoms with van der Waals surface area (Å²) in [5, 5.41) is 10.4. The van der Waals surface area contributed by atoms with E-state index in [4.69, 9.17) is 16.3 Å². The maximum absolute atomic E-state index is 12.6. The Balaban J connectivity index is 2.42. The first-order valence-corrected chi connectivity index (χ1v) is 6.12. The molecule has 0 saturated carbocycles. The van der Waals surface area contributed by atoms with Gasteiger partial charge in [-0.15, -0.1) is 10.2 Å². The smallest absolute Gasteiger partial charge is 0.406 e. The van der Waals surface area contributed by atoms with Crippen LogP contribution >= 0.6 is 11.6 Å². The van der Waals surface area contributed by atoms with Crippen LogP contribution in [-0.2, 0) is 6.18 Å². The van der Waals surface area contributed by atoms with Crippen molar-refractivity contribution in [3.63, 3.8) is 0 Å². The minimum atomic E-state index is -4.61. The van der Waals surface area contributed by atoms with Gasteiger partial charge < -0.3 is 9.64 Å². The van der Waals surface area contributed by atoms with Gasteiger partial charge in [0.2, 0.25) is 5.82 Å². The third-order valence-electron chi connectivity index (χ3n) is 2.37. The summed E-state index contributed by atoms with van der Waals surface area (Å²) in [7, 11) is 2.88. The highest BCUT2D eigenvalue weighted by Crippen LogP contribution is 2.29. The first-order chi connectivity index (χ1) is 10.2. The van der Waals surface area contributed by atoms with Crippen molar-refractivity contribution in [2.45, 2.75) is 6.18 Å². The van der Waals surface area contributed by atoms with Gasteiger partial charge >= 0.3 is 12.3 Å². The molecule has 2 aromatic rings. The SMILES string of the molecule is CN(C)C(=O)Oc1cc(Cl)nnc1-n1ccc(C(F)(F)F)n1. The van der Waals surface area contributed by atoms with Gasteiger partial charge in [-0.05, 0) is 6.07 Å². The molecule has 1 amide bonds. The summed E-state index contributed by atoms with van der Waals surface area (Å²) in [4.78, 5) is 12.7. The Labute approximate surface area is 127 Å². The Hall–Kier alpha value is -2.36. The highest BCUT2D eigenvalue weighted by molar-refractivity contribution is 6.29. The quantitative estimate of drug-likeness (QED) is 0.842. The van der Waals surface area contributed by atoms with E-state index in [-0.39, 0.29) is 16.7 Å². The van der Waals surface area contributed by atoms with Crippen LogP contribution in [0.3, 0.4) is 0 Å². The van der Waals surface area contributed by atoms with E-state index < -0.39 is 18.0 Å². The fourth-order valence-corrected chi connectivity index (χ4v) is 1.50.